The van der Waals surface area contributed by atoms with Gasteiger partial charge in [-0.25, -0.2) is 4.79 Å². The second-order valence-corrected chi connectivity index (χ2v) is 18.7. The molecule has 5 rings (SSSR count). The van der Waals surface area contributed by atoms with E-state index in [1.807, 2.05) is 0 Å². The third-order valence-corrected chi connectivity index (χ3v) is 12.9. The lowest BCUT2D eigenvalue weighted by molar-refractivity contribution is -0.165. The molecule has 0 radical (unpaired) electrons. The van der Waals surface area contributed by atoms with Gasteiger partial charge in [0.1, 0.15) is 60.4 Å². The molecule has 388 valence electrons. The summed E-state index contributed by atoms with van der Waals surface area (Å²) in [7, 11) is 1.39. The second-order valence-electron chi connectivity index (χ2n) is 18.7. The molecule has 72 heavy (non-hydrogen) atoms. The number of ether oxygens (including phenoxy) is 1. The van der Waals surface area contributed by atoms with E-state index in [1.165, 1.54) is 31.0 Å². The van der Waals surface area contributed by atoms with E-state index in [-0.39, 0.29) is 63.5 Å². The van der Waals surface area contributed by atoms with Gasteiger partial charge in [-0.2, -0.15) is 0 Å². The maximum absolute atomic E-state index is 15.1. The molecular formula is C52H68N8O12. The van der Waals surface area contributed by atoms with E-state index in [1.54, 1.807) is 93.6 Å². The number of piperidine rings is 1. The van der Waals surface area contributed by atoms with Gasteiger partial charge in [0.25, 0.3) is 0 Å². The van der Waals surface area contributed by atoms with Crippen LogP contribution in [0.5, 0.6) is 5.75 Å². The quantitative estimate of drug-likeness (QED) is 0.0935. The molecular weight excluding hydrogens is 929 g/mol. The van der Waals surface area contributed by atoms with Gasteiger partial charge in [0.15, 0.2) is 0 Å². The molecule has 0 spiro atoms. The molecule has 8 amide bonds. The number of carbonyl (C=O) groups is 9. The van der Waals surface area contributed by atoms with E-state index in [2.05, 4.69) is 26.6 Å². The van der Waals surface area contributed by atoms with Crippen LogP contribution in [0.15, 0.2) is 84.9 Å². The summed E-state index contributed by atoms with van der Waals surface area (Å²) in [5.74, 6) is -8.12. The number of aliphatic hydroxyl groups is 1. The average molecular weight is 997 g/mol. The lowest BCUT2D eigenvalue weighted by Gasteiger charge is -2.43. The molecule has 0 saturated carbocycles. The lowest BCUT2D eigenvalue weighted by Crippen LogP contribution is -2.65. The summed E-state index contributed by atoms with van der Waals surface area (Å²) < 4.78 is 5.92. The number of esters is 1. The van der Waals surface area contributed by atoms with Crippen molar-refractivity contribution in [1.82, 2.24) is 36.4 Å². The molecule has 3 aromatic rings. The smallest absolute Gasteiger partial charge is 0.329 e. The fourth-order valence-electron chi connectivity index (χ4n) is 8.72. The van der Waals surface area contributed by atoms with Crippen molar-refractivity contribution < 1.29 is 58.1 Å². The van der Waals surface area contributed by atoms with Gasteiger partial charge in [-0.05, 0) is 80.2 Å². The number of amides is 8. The fraction of sp³-hybridized carbons (Fsp3) is 0.481. The predicted octanol–water partition coefficient (Wildman–Crippen LogP) is 1.04. The average Bonchev–Trinajstić information content (AvgIpc) is 3.34. The van der Waals surface area contributed by atoms with Crippen molar-refractivity contribution in [2.75, 3.05) is 7.05 Å². The van der Waals surface area contributed by atoms with Crippen LogP contribution in [0.4, 0.5) is 0 Å². The Hall–Kier alpha value is -7.35. The first-order valence-corrected chi connectivity index (χ1v) is 24.4. The number of benzene rings is 3. The van der Waals surface area contributed by atoms with Gasteiger partial charge in [-0.1, -0.05) is 93.6 Å². The van der Waals surface area contributed by atoms with Crippen LogP contribution in [0.25, 0.3) is 0 Å². The van der Waals surface area contributed by atoms with E-state index in [0.29, 0.717) is 23.1 Å². The Morgan fingerprint density at radius 1 is 0.778 bits per heavy atom. The summed E-state index contributed by atoms with van der Waals surface area (Å²) in [6, 6.07) is 13.6. The molecule has 3 aromatic carbocycles. The lowest BCUT2D eigenvalue weighted by atomic mass is 9.95. The minimum atomic E-state index is -1.79. The number of cyclic esters (lactones) is 1. The third kappa shape index (κ3) is 15.3. The number of nitrogens with two attached hydrogens (primary N) is 1. The number of hydrogen-bond acceptors (Lipinski definition) is 12. The minimum absolute atomic E-state index is 0.0115. The van der Waals surface area contributed by atoms with Crippen molar-refractivity contribution in [3.8, 4) is 5.75 Å². The molecule has 20 heteroatoms. The van der Waals surface area contributed by atoms with Crippen LogP contribution in [-0.4, -0.2) is 135 Å². The van der Waals surface area contributed by atoms with Gasteiger partial charge >= 0.3 is 5.97 Å². The normalized spacial score (nSPS) is 24.1. The van der Waals surface area contributed by atoms with Crippen molar-refractivity contribution in [3.05, 3.63) is 102 Å². The third-order valence-electron chi connectivity index (χ3n) is 12.9. The number of carbonyl (C=O) groups excluding carboxylic acids is 9. The highest BCUT2D eigenvalue weighted by Gasteiger charge is 2.46. The van der Waals surface area contributed by atoms with Crippen molar-refractivity contribution in [2.24, 2.45) is 11.7 Å². The Balaban J connectivity index is 1.63. The molecule has 2 aliphatic heterocycles. The predicted molar refractivity (Wildman–Crippen MR) is 263 cm³/mol. The van der Waals surface area contributed by atoms with E-state index in [9.17, 15) is 48.6 Å². The molecule has 9 atom stereocenters. The number of aromatic hydroxyl groups is 1. The zero-order valence-corrected chi connectivity index (χ0v) is 41.4. The molecule has 2 bridgehead atoms. The van der Waals surface area contributed by atoms with Gasteiger partial charge in [0.2, 0.25) is 47.3 Å². The summed E-state index contributed by atoms with van der Waals surface area (Å²) in [5.41, 5.74) is 7.32. The largest absolute Gasteiger partial charge is 0.508 e. The number of phenolic OH excluding ortho intramolecular Hbond substituents is 1. The van der Waals surface area contributed by atoms with Gasteiger partial charge in [0.05, 0.1) is 0 Å². The zero-order valence-electron chi connectivity index (χ0n) is 41.4. The van der Waals surface area contributed by atoms with Crippen molar-refractivity contribution >= 4 is 53.2 Å². The van der Waals surface area contributed by atoms with Crippen LogP contribution in [0.2, 0.25) is 0 Å². The maximum atomic E-state index is 15.1. The Morgan fingerprint density at radius 2 is 1.39 bits per heavy atom. The van der Waals surface area contributed by atoms with E-state index in [4.69, 9.17) is 10.5 Å². The van der Waals surface area contributed by atoms with Crippen LogP contribution in [0.3, 0.4) is 0 Å². The summed E-state index contributed by atoms with van der Waals surface area (Å²) >= 11 is 0. The summed E-state index contributed by atoms with van der Waals surface area (Å²) in [6.07, 6.45) is -3.43. The summed E-state index contributed by atoms with van der Waals surface area (Å²) in [6.45, 7) is 6.32. The minimum Gasteiger partial charge on any atom is -0.508 e. The van der Waals surface area contributed by atoms with E-state index < -0.39 is 114 Å². The molecule has 2 heterocycles. The van der Waals surface area contributed by atoms with Crippen LogP contribution >= 0.6 is 0 Å². The number of rotatable bonds is 16. The van der Waals surface area contributed by atoms with E-state index >= 15 is 4.79 Å². The van der Waals surface area contributed by atoms with Gasteiger partial charge in [0, 0.05) is 32.7 Å². The highest BCUT2D eigenvalue weighted by molar-refractivity contribution is 5.98. The Bertz CT molecular complexity index is 2390. The Labute approximate surface area is 419 Å². The molecule has 0 aromatic heterocycles. The number of nitrogens with zero attached hydrogens (tertiary/aromatic N) is 2. The van der Waals surface area contributed by atoms with Crippen molar-refractivity contribution in [1.29, 1.82) is 0 Å². The number of aryl methyl sites for hydroxylation is 1. The topological polar surface area (TPSA) is 296 Å². The number of nitrogens with one attached hydrogen (secondary N) is 5. The Morgan fingerprint density at radius 3 is 1.97 bits per heavy atom. The standard InChI is InChI=1S/C52H68N8O12/c1-6-13-42(63)54-36(24-26-41(53)62)47(66)58-45-31(4)72-52(71)44(30(2)3)57-48(67)39(28-33-14-9-7-10-15-33)59(5)51(70)40(29-34-16-11-8-12-17-34)60-43(64)27-25-38(50(60)69)56-46(65)37(55-49(45)68)23-20-32-18-21-35(61)22-19-32/h7-12,14-19,21-22,30-31,36-40,43-45,61,64H,6,13,20,23-29H2,1-5H3,(H2,53,62)(H,54,63)(H,55,68)(H,56,65)(H,57,67)(H,58,66)/t31-,36+,37+,38+,39+,40+,43-,44+,45+/m1/s1. The molecule has 2 saturated heterocycles. The van der Waals surface area contributed by atoms with Gasteiger partial charge in [-0.15, -0.1) is 0 Å². The van der Waals surface area contributed by atoms with Gasteiger partial charge in [-0.3, -0.25) is 38.4 Å². The molecule has 20 nitrogen and oxygen atoms in total. The number of hydrogen-bond donors (Lipinski definition) is 8. The first kappa shape index (κ1) is 55.6. The first-order chi connectivity index (χ1) is 34.3. The SMILES string of the molecule is CCCC(=O)N[C@@H](CCC(N)=O)C(=O)N[C@@H]1C(=O)N[C@@H](CCc2ccc(O)cc2)C(=O)N[C@H]2CC[C@@H](O)N(C2=O)[C@@H](Cc2ccccc2)C(=O)N(C)[C@@H](Cc2ccccc2)C(=O)N[C@@H](C(C)C)C(=O)O[C@@H]1C. The number of likely N-dealkylation sites (N-methyl/N-ethyl adjacent to an activating group) is 1. The Kier molecular flexibility index (Phi) is 20.2. The van der Waals surface area contributed by atoms with Crippen LogP contribution in [0, 0.1) is 5.92 Å². The fourth-order valence-corrected chi connectivity index (χ4v) is 8.72. The van der Waals surface area contributed by atoms with Crippen LogP contribution < -0.4 is 32.3 Å². The molecule has 0 aliphatic carbocycles. The monoisotopic (exact) mass is 996 g/mol. The molecule has 9 N–H and O–H groups in total. The molecule has 0 unspecified atom stereocenters. The molecule has 2 fully saturated rings. The number of primary amides is 1. The first-order valence-electron chi connectivity index (χ1n) is 24.4. The number of aliphatic hydroxyl groups excluding tert-OH is 1. The van der Waals surface area contributed by atoms with Crippen molar-refractivity contribution in [2.45, 2.75) is 147 Å². The highest BCUT2D eigenvalue weighted by atomic mass is 16.5. The summed E-state index contributed by atoms with van der Waals surface area (Å²) in [5, 5.41) is 34.8. The van der Waals surface area contributed by atoms with Crippen LogP contribution in [-0.2, 0) is 67.2 Å². The van der Waals surface area contributed by atoms with E-state index in [0.717, 1.165) is 4.90 Å². The maximum Gasteiger partial charge on any atom is 0.329 e. The summed E-state index contributed by atoms with van der Waals surface area (Å²) in [4.78, 5) is 129. The molecule has 2 aliphatic rings. The highest BCUT2D eigenvalue weighted by Crippen LogP contribution is 2.26. The van der Waals surface area contributed by atoms with Gasteiger partial charge < -0.3 is 57.1 Å². The van der Waals surface area contributed by atoms with Crippen molar-refractivity contribution in [3.63, 3.8) is 0 Å². The number of fused-ring (bicyclic) bond motifs is 2. The zero-order chi connectivity index (χ0) is 52.6. The van der Waals surface area contributed by atoms with Crippen LogP contribution in [0.1, 0.15) is 89.3 Å². The second kappa shape index (κ2) is 26.2. The number of phenols is 1.